The van der Waals surface area contributed by atoms with Gasteiger partial charge in [-0.05, 0) is 51.6 Å². The van der Waals surface area contributed by atoms with Crippen molar-refractivity contribution in [3.05, 3.63) is 28.8 Å². The van der Waals surface area contributed by atoms with Gasteiger partial charge in [0.25, 0.3) is 0 Å². The highest BCUT2D eigenvalue weighted by Gasteiger charge is 2.18. The van der Waals surface area contributed by atoms with Crippen molar-refractivity contribution < 1.29 is 0 Å². The van der Waals surface area contributed by atoms with Crippen LogP contribution in [0.2, 0.25) is 5.02 Å². The van der Waals surface area contributed by atoms with Crippen LogP contribution in [-0.4, -0.2) is 43.7 Å². The van der Waals surface area contributed by atoms with Crippen molar-refractivity contribution in [3.63, 3.8) is 0 Å². The van der Waals surface area contributed by atoms with Crippen LogP contribution in [0.25, 0.3) is 0 Å². The Bertz CT molecular complexity index is 446. The summed E-state index contributed by atoms with van der Waals surface area (Å²) in [6.45, 7) is 11.8. The van der Waals surface area contributed by atoms with Crippen LogP contribution >= 0.6 is 11.6 Å². The quantitative estimate of drug-likeness (QED) is 0.925. The summed E-state index contributed by atoms with van der Waals surface area (Å²) in [7, 11) is 2.18. The average molecular weight is 296 g/mol. The summed E-state index contributed by atoms with van der Waals surface area (Å²) in [4.78, 5) is 4.84. The number of likely N-dealkylation sites (N-methyl/N-ethyl adjacent to an activating group) is 1. The van der Waals surface area contributed by atoms with Gasteiger partial charge in [0.1, 0.15) is 0 Å². The van der Waals surface area contributed by atoms with Crippen LogP contribution in [0.4, 0.5) is 5.69 Å². The molecule has 1 saturated heterocycles. The average Bonchev–Trinajstić information content (AvgIpc) is 2.37. The van der Waals surface area contributed by atoms with Crippen molar-refractivity contribution in [1.29, 1.82) is 0 Å². The number of hydrogen-bond acceptors (Lipinski definition) is 3. The molecule has 1 heterocycles. The molecule has 1 N–H and O–H groups in total. The maximum Gasteiger partial charge on any atom is 0.0413 e. The van der Waals surface area contributed by atoms with Gasteiger partial charge in [0.05, 0.1) is 0 Å². The van der Waals surface area contributed by atoms with E-state index in [4.69, 9.17) is 11.6 Å². The lowest BCUT2D eigenvalue weighted by atomic mass is 10.1. The van der Waals surface area contributed by atoms with Crippen molar-refractivity contribution in [2.75, 3.05) is 38.1 Å². The van der Waals surface area contributed by atoms with Crippen LogP contribution in [0, 0.1) is 0 Å². The molecule has 0 amide bonds. The van der Waals surface area contributed by atoms with Gasteiger partial charge >= 0.3 is 0 Å². The first-order valence-electron chi connectivity index (χ1n) is 7.32. The van der Waals surface area contributed by atoms with Crippen molar-refractivity contribution in [2.24, 2.45) is 0 Å². The summed E-state index contributed by atoms with van der Waals surface area (Å²) in [6.07, 6.45) is 0. The first kappa shape index (κ1) is 15.6. The second-order valence-electron chi connectivity index (χ2n) is 6.67. The minimum atomic E-state index is 0.113. The Balaban J connectivity index is 2.15. The van der Waals surface area contributed by atoms with Gasteiger partial charge in [0.15, 0.2) is 0 Å². The Morgan fingerprint density at radius 3 is 2.40 bits per heavy atom. The molecule has 3 nitrogen and oxygen atoms in total. The molecule has 20 heavy (non-hydrogen) atoms. The van der Waals surface area contributed by atoms with Gasteiger partial charge in [0, 0.05) is 49.0 Å². The van der Waals surface area contributed by atoms with Crippen molar-refractivity contribution in [1.82, 2.24) is 10.2 Å². The Morgan fingerprint density at radius 1 is 1.15 bits per heavy atom. The van der Waals surface area contributed by atoms with E-state index in [9.17, 15) is 0 Å². The third-order valence-corrected chi connectivity index (χ3v) is 3.93. The Hall–Kier alpha value is -0.770. The number of benzene rings is 1. The highest BCUT2D eigenvalue weighted by molar-refractivity contribution is 6.30. The van der Waals surface area contributed by atoms with Gasteiger partial charge in [-0.25, -0.2) is 0 Å². The summed E-state index contributed by atoms with van der Waals surface area (Å²) in [6, 6.07) is 6.25. The summed E-state index contributed by atoms with van der Waals surface area (Å²) >= 11 is 6.17. The zero-order valence-electron chi connectivity index (χ0n) is 13.0. The first-order chi connectivity index (χ1) is 9.35. The van der Waals surface area contributed by atoms with Crippen LogP contribution < -0.4 is 10.2 Å². The van der Waals surface area contributed by atoms with Crippen LogP contribution in [0.15, 0.2) is 18.2 Å². The minimum absolute atomic E-state index is 0.113. The molecule has 0 saturated carbocycles. The smallest absolute Gasteiger partial charge is 0.0413 e. The topological polar surface area (TPSA) is 18.5 Å². The van der Waals surface area contributed by atoms with Gasteiger partial charge in [-0.2, -0.15) is 0 Å². The molecule has 112 valence electrons. The van der Waals surface area contributed by atoms with Crippen molar-refractivity contribution >= 4 is 17.3 Å². The van der Waals surface area contributed by atoms with E-state index in [-0.39, 0.29) is 5.54 Å². The summed E-state index contributed by atoms with van der Waals surface area (Å²) in [5.41, 5.74) is 2.72. The third-order valence-electron chi connectivity index (χ3n) is 3.69. The molecule has 0 radical (unpaired) electrons. The van der Waals surface area contributed by atoms with Crippen LogP contribution in [0.5, 0.6) is 0 Å². The predicted molar refractivity (Wildman–Crippen MR) is 87.8 cm³/mol. The van der Waals surface area contributed by atoms with Gasteiger partial charge < -0.3 is 15.1 Å². The molecular formula is C16H26ClN3. The molecule has 1 aromatic rings. The number of halogens is 1. The first-order valence-corrected chi connectivity index (χ1v) is 7.70. The molecule has 0 atom stereocenters. The number of hydrogen-bond donors (Lipinski definition) is 1. The summed E-state index contributed by atoms with van der Waals surface area (Å²) in [5, 5.41) is 4.37. The molecular weight excluding hydrogens is 270 g/mol. The highest BCUT2D eigenvalue weighted by atomic mass is 35.5. The van der Waals surface area contributed by atoms with Gasteiger partial charge in [0.2, 0.25) is 0 Å². The molecule has 0 aliphatic carbocycles. The number of rotatable bonds is 3. The number of anilines is 1. The van der Waals surface area contributed by atoms with Crippen molar-refractivity contribution in [3.8, 4) is 0 Å². The SMILES string of the molecule is CN1CCN(c2ccc(Cl)cc2CNC(C)(C)C)CC1. The minimum Gasteiger partial charge on any atom is -0.369 e. The monoisotopic (exact) mass is 295 g/mol. The van der Waals surface area contributed by atoms with Crippen molar-refractivity contribution in [2.45, 2.75) is 32.9 Å². The van der Waals surface area contributed by atoms with Crippen LogP contribution in [0.1, 0.15) is 26.3 Å². The molecule has 1 aromatic carbocycles. The highest BCUT2D eigenvalue weighted by Crippen LogP contribution is 2.25. The lowest BCUT2D eigenvalue weighted by Crippen LogP contribution is -2.45. The normalized spacial score (nSPS) is 17.6. The predicted octanol–water partition coefficient (Wildman–Crippen LogP) is 2.98. The Labute approximate surface area is 127 Å². The summed E-state index contributed by atoms with van der Waals surface area (Å²) < 4.78 is 0. The molecule has 0 unspecified atom stereocenters. The maximum atomic E-state index is 6.17. The van der Waals surface area contributed by atoms with Gasteiger partial charge in [-0.3, -0.25) is 0 Å². The number of piperazine rings is 1. The van der Waals surface area contributed by atoms with E-state index in [0.717, 1.165) is 37.7 Å². The molecule has 0 aromatic heterocycles. The fraction of sp³-hybridized carbons (Fsp3) is 0.625. The van der Waals surface area contributed by atoms with E-state index in [2.05, 4.69) is 55.1 Å². The van der Waals surface area contributed by atoms with E-state index < -0.39 is 0 Å². The molecule has 2 rings (SSSR count). The van der Waals surface area contributed by atoms with Gasteiger partial charge in [-0.15, -0.1) is 0 Å². The second kappa shape index (κ2) is 6.33. The lowest BCUT2D eigenvalue weighted by molar-refractivity contribution is 0.312. The van der Waals surface area contributed by atoms with E-state index in [1.54, 1.807) is 0 Å². The molecule has 1 aliphatic rings. The molecule has 0 bridgehead atoms. The number of nitrogens with one attached hydrogen (secondary N) is 1. The third kappa shape index (κ3) is 4.37. The van der Waals surface area contributed by atoms with E-state index in [0.29, 0.717) is 0 Å². The van der Waals surface area contributed by atoms with E-state index in [1.165, 1.54) is 11.3 Å². The van der Waals surface area contributed by atoms with E-state index in [1.807, 2.05) is 6.07 Å². The van der Waals surface area contributed by atoms with Crippen LogP contribution in [-0.2, 0) is 6.54 Å². The standard InChI is InChI=1S/C16H26ClN3/c1-16(2,3)18-12-13-11-14(17)5-6-15(13)20-9-7-19(4)8-10-20/h5-6,11,18H,7-10,12H2,1-4H3. The Kier molecular flexibility index (Phi) is 4.95. The summed E-state index contributed by atoms with van der Waals surface area (Å²) in [5.74, 6) is 0. The zero-order valence-corrected chi connectivity index (χ0v) is 13.8. The second-order valence-corrected chi connectivity index (χ2v) is 7.10. The molecule has 1 aliphatic heterocycles. The fourth-order valence-electron chi connectivity index (χ4n) is 2.41. The maximum absolute atomic E-state index is 6.17. The molecule has 1 fully saturated rings. The molecule has 4 heteroatoms. The largest absolute Gasteiger partial charge is 0.369 e. The van der Waals surface area contributed by atoms with E-state index >= 15 is 0 Å². The number of nitrogens with zero attached hydrogens (tertiary/aromatic N) is 2. The van der Waals surface area contributed by atoms with Crippen LogP contribution in [0.3, 0.4) is 0 Å². The Morgan fingerprint density at radius 2 is 1.80 bits per heavy atom. The zero-order chi connectivity index (χ0) is 14.8. The van der Waals surface area contributed by atoms with Gasteiger partial charge in [-0.1, -0.05) is 11.6 Å². The lowest BCUT2D eigenvalue weighted by Gasteiger charge is -2.35. The fourth-order valence-corrected chi connectivity index (χ4v) is 2.61. The molecule has 0 spiro atoms.